The largest absolute Gasteiger partial charge is 0.313 e. The minimum Gasteiger partial charge on any atom is -0.313 e. The number of hydrogen-bond acceptors (Lipinski definition) is 3. The Morgan fingerprint density at radius 2 is 1.89 bits per heavy atom. The lowest BCUT2D eigenvalue weighted by Crippen LogP contribution is -2.29. The van der Waals surface area contributed by atoms with Gasteiger partial charge in [-0.05, 0) is 55.1 Å². The van der Waals surface area contributed by atoms with Crippen LogP contribution in [0.1, 0.15) is 56.1 Å². The van der Waals surface area contributed by atoms with Crippen LogP contribution in [0, 0.1) is 0 Å². The third-order valence-electron chi connectivity index (χ3n) is 5.94. The van der Waals surface area contributed by atoms with Crippen molar-refractivity contribution in [1.29, 1.82) is 0 Å². The third kappa shape index (κ3) is 3.96. The normalized spacial score (nSPS) is 21.0. The molecule has 1 heterocycles. The number of rotatable bonds is 9. The Morgan fingerprint density at radius 3 is 2.68 bits per heavy atom. The molecule has 1 aliphatic carbocycles. The van der Waals surface area contributed by atoms with E-state index >= 15 is 0 Å². The van der Waals surface area contributed by atoms with E-state index in [1.54, 1.807) is 28.6 Å². The van der Waals surface area contributed by atoms with Crippen LogP contribution >= 0.6 is 0 Å². The van der Waals surface area contributed by atoms with Crippen molar-refractivity contribution in [2.75, 3.05) is 17.4 Å². The van der Waals surface area contributed by atoms with Crippen LogP contribution in [0.3, 0.4) is 0 Å². The maximum Gasteiger partial charge on any atom is 0.264 e. The summed E-state index contributed by atoms with van der Waals surface area (Å²) in [5.41, 5.74) is 3.35. The Kier molecular flexibility index (Phi) is 5.74. The molecule has 1 saturated carbocycles. The fourth-order valence-electron chi connectivity index (χ4n) is 4.22. The van der Waals surface area contributed by atoms with Crippen LogP contribution in [0.2, 0.25) is 0 Å². The zero-order chi connectivity index (χ0) is 19.6. The molecule has 0 bridgehead atoms. The van der Waals surface area contributed by atoms with Crippen LogP contribution in [-0.4, -0.2) is 27.5 Å². The molecule has 2 unspecified atom stereocenters. The van der Waals surface area contributed by atoms with Gasteiger partial charge in [0.05, 0.1) is 10.6 Å². The van der Waals surface area contributed by atoms with Crippen LogP contribution in [0.25, 0.3) is 0 Å². The molecule has 4 rings (SSSR count). The molecule has 28 heavy (non-hydrogen) atoms. The predicted molar refractivity (Wildman–Crippen MR) is 114 cm³/mol. The van der Waals surface area contributed by atoms with E-state index in [-0.39, 0.29) is 0 Å². The number of nitrogens with zero attached hydrogens (tertiary/aromatic N) is 1. The Morgan fingerprint density at radius 1 is 1.07 bits per heavy atom. The van der Waals surface area contributed by atoms with Gasteiger partial charge >= 0.3 is 0 Å². The fraction of sp³-hybridized carbons (Fsp3) is 0.478. The van der Waals surface area contributed by atoms with E-state index in [1.165, 1.54) is 37.7 Å². The highest BCUT2D eigenvalue weighted by molar-refractivity contribution is 7.92. The van der Waals surface area contributed by atoms with Crippen molar-refractivity contribution in [1.82, 2.24) is 5.32 Å². The number of anilines is 1. The SMILES string of the molecule is CCCCCCNC1CC1c1ccc2c(c1)CCN2S(=O)(=O)c1ccccc1. The van der Waals surface area contributed by atoms with E-state index in [4.69, 9.17) is 0 Å². The molecule has 150 valence electrons. The summed E-state index contributed by atoms with van der Waals surface area (Å²) in [6, 6.07) is 15.7. The molecule has 0 saturated heterocycles. The van der Waals surface area contributed by atoms with Crippen LogP contribution in [0.4, 0.5) is 5.69 Å². The molecule has 2 atom stereocenters. The summed E-state index contributed by atoms with van der Waals surface area (Å²) in [6.45, 7) is 3.87. The maximum atomic E-state index is 13.0. The molecule has 2 aromatic carbocycles. The first-order valence-corrected chi connectivity index (χ1v) is 12.0. The average molecular weight is 399 g/mol. The quantitative estimate of drug-likeness (QED) is 0.634. The van der Waals surface area contributed by atoms with Gasteiger partial charge in [0, 0.05) is 18.5 Å². The van der Waals surface area contributed by atoms with Gasteiger partial charge in [-0.15, -0.1) is 0 Å². The van der Waals surface area contributed by atoms with Crippen molar-refractivity contribution < 1.29 is 8.42 Å². The van der Waals surface area contributed by atoms with Gasteiger partial charge in [0.2, 0.25) is 0 Å². The highest BCUT2D eigenvalue weighted by Crippen LogP contribution is 2.43. The summed E-state index contributed by atoms with van der Waals surface area (Å²) in [4.78, 5) is 0.362. The van der Waals surface area contributed by atoms with Gasteiger partial charge in [-0.25, -0.2) is 8.42 Å². The van der Waals surface area contributed by atoms with E-state index in [9.17, 15) is 8.42 Å². The van der Waals surface area contributed by atoms with Gasteiger partial charge in [0.1, 0.15) is 0 Å². The van der Waals surface area contributed by atoms with E-state index in [0.29, 0.717) is 23.4 Å². The number of fused-ring (bicyclic) bond motifs is 1. The Balaban J connectivity index is 1.41. The summed E-state index contributed by atoms with van der Waals surface area (Å²) in [5.74, 6) is 0.580. The van der Waals surface area contributed by atoms with Crippen molar-refractivity contribution in [3.8, 4) is 0 Å². The van der Waals surface area contributed by atoms with Gasteiger partial charge in [0.15, 0.2) is 0 Å². The van der Waals surface area contributed by atoms with Crippen LogP contribution in [-0.2, 0) is 16.4 Å². The first-order chi connectivity index (χ1) is 13.6. The van der Waals surface area contributed by atoms with E-state index in [1.807, 2.05) is 12.1 Å². The first-order valence-electron chi connectivity index (χ1n) is 10.5. The lowest BCUT2D eigenvalue weighted by Gasteiger charge is -2.19. The van der Waals surface area contributed by atoms with Crippen LogP contribution < -0.4 is 9.62 Å². The summed E-state index contributed by atoms with van der Waals surface area (Å²) in [5, 5.41) is 3.68. The number of sulfonamides is 1. The van der Waals surface area contributed by atoms with Crippen LogP contribution in [0.15, 0.2) is 53.4 Å². The summed E-state index contributed by atoms with van der Waals surface area (Å²) >= 11 is 0. The summed E-state index contributed by atoms with van der Waals surface area (Å²) in [6.07, 6.45) is 7.15. The number of nitrogens with one attached hydrogen (secondary N) is 1. The van der Waals surface area contributed by atoms with Crippen molar-refractivity contribution >= 4 is 15.7 Å². The average Bonchev–Trinajstić information content (AvgIpc) is 3.36. The van der Waals surface area contributed by atoms with Gasteiger partial charge in [-0.2, -0.15) is 0 Å². The molecular weight excluding hydrogens is 368 g/mol. The predicted octanol–water partition coefficient (Wildman–Crippen LogP) is 4.46. The van der Waals surface area contributed by atoms with Gasteiger partial charge in [-0.3, -0.25) is 4.31 Å². The molecule has 0 amide bonds. The van der Waals surface area contributed by atoms with Crippen molar-refractivity contribution in [3.63, 3.8) is 0 Å². The monoisotopic (exact) mass is 398 g/mol. The highest BCUT2D eigenvalue weighted by Gasteiger charge is 2.39. The van der Waals surface area contributed by atoms with Gasteiger partial charge < -0.3 is 5.32 Å². The molecular formula is C23H30N2O2S. The molecule has 1 aliphatic heterocycles. The second-order valence-electron chi connectivity index (χ2n) is 7.99. The topological polar surface area (TPSA) is 49.4 Å². The van der Waals surface area contributed by atoms with E-state index in [0.717, 1.165) is 24.2 Å². The number of benzene rings is 2. The zero-order valence-corrected chi connectivity index (χ0v) is 17.4. The van der Waals surface area contributed by atoms with Crippen molar-refractivity contribution in [2.24, 2.45) is 0 Å². The minimum absolute atomic E-state index is 0.362. The fourth-order valence-corrected chi connectivity index (χ4v) is 5.74. The Labute approximate surface area is 169 Å². The lowest BCUT2D eigenvalue weighted by molar-refractivity contribution is 0.590. The molecule has 2 aliphatic rings. The molecule has 1 N–H and O–H groups in total. The zero-order valence-electron chi connectivity index (χ0n) is 16.6. The van der Waals surface area contributed by atoms with Crippen molar-refractivity contribution in [3.05, 3.63) is 59.7 Å². The maximum absolute atomic E-state index is 13.0. The Hall–Kier alpha value is -1.85. The number of hydrogen-bond donors (Lipinski definition) is 1. The first kappa shape index (κ1) is 19.5. The number of unbranched alkanes of at least 4 members (excludes halogenated alkanes) is 3. The third-order valence-corrected chi connectivity index (χ3v) is 7.77. The molecule has 5 heteroatoms. The van der Waals surface area contributed by atoms with Crippen molar-refractivity contribution in [2.45, 2.75) is 62.3 Å². The molecule has 0 radical (unpaired) electrons. The van der Waals surface area contributed by atoms with Gasteiger partial charge in [-0.1, -0.05) is 56.5 Å². The molecule has 4 nitrogen and oxygen atoms in total. The van der Waals surface area contributed by atoms with E-state index in [2.05, 4.69) is 24.4 Å². The lowest BCUT2D eigenvalue weighted by atomic mass is 10.0. The minimum atomic E-state index is -3.48. The smallest absolute Gasteiger partial charge is 0.264 e. The van der Waals surface area contributed by atoms with Crippen LogP contribution in [0.5, 0.6) is 0 Å². The molecule has 0 aromatic heterocycles. The standard InChI is InChI=1S/C23H30N2O2S/c1-2-3-4-8-14-24-22-17-21(22)18-11-12-23-19(16-18)13-15-25(23)28(26,27)20-9-6-5-7-10-20/h5-7,9-12,16,21-22,24H,2-4,8,13-15,17H2,1H3. The molecule has 2 aromatic rings. The molecule has 0 spiro atoms. The Bertz CT molecular complexity index is 911. The van der Waals surface area contributed by atoms with Gasteiger partial charge in [0.25, 0.3) is 10.0 Å². The second kappa shape index (κ2) is 8.26. The second-order valence-corrected chi connectivity index (χ2v) is 9.85. The highest BCUT2D eigenvalue weighted by atomic mass is 32.2. The van der Waals surface area contributed by atoms with E-state index < -0.39 is 10.0 Å². The summed E-state index contributed by atoms with van der Waals surface area (Å²) in [7, 11) is -3.48. The molecule has 1 fully saturated rings. The summed E-state index contributed by atoms with van der Waals surface area (Å²) < 4.78 is 27.5.